The minimum Gasteiger partial charge on any atom is -0.480 e. The van der Waals surface area contributed by atoms with E-state index in [0.29, 0.717) is 12.2 Å². The number of carbonyl (C=O) groups is 2. The number of aliphatic carboxylic acids is 1. The molecule has 0 fully saturated rings. The van der Waals surface area contributed by atoms with E-state index in [1.165, 1.54) is 6.92 Å². The number of rotatable bonds is 4. The van der Waals surface area contributed by atoms with Crippen LogP contribution in [0.3, 0.4) is 0 Å². The largest absolute Gasteiger partial charge is 0.480 e. The van der Waals surface area contributed by atoms with E-state index >= 15 is 0 Å². The van der Waals surface area contributed by atoms with Crippen LogP contribution in [0.1, 0.15) is 13.3 Å². The zero-order valence-electron chi connectivity index (χ0n) is 6.24. The molecule has 64 valence electrons. The van der Waals surface area contributed by atoms with Crippen LogP contribution in [0.15, 0.2) is 0 Å². The fraction of sp³-hybridized carbons (Fsp3) is 0.667. The third kappa shape index (κ3) is 5.87. The van der Waals surface area contributed by atoms with Crippen molar-refractivity contribution < 1.29 is 14.7 Å². The Morgan fingerprint density at radius 2 is 2.18 bits per heavy atom. The average Bonchev–Trinajstić information content (AvgIpc) is 1.86. The topological polar surface area (TPSA) is 80.4 Å². The SMILES string of the molecule is CC(=O)SCC[C@H](N)C(=O)O. The molecule has 0 unspecified atom stereocenters. The minimum atomic E-state index is -1.02. The summed E-state index contributed by atoms with van der Waals surface area (Å²) in [5, 5.41) is 8.32. The van der Waals surface area contributed by atoms with Gasteiger partial charge in [-0.3, -0.25) is 9.59 Å². The van der Waals surface area contributed by atoms with Crippen LogP contribution in [0.5, 0.6) is 0 Å². The predicted molar refractivity (Wildman–Crippen MR) is 43.4 cm³/mol. The second-order valence-corrected chi connectivity index (χ2v) is 3.35. The maximum Gasteiger partial charge on any atom is 0.320 e. The number of hydrogen-bond donors (Lipinski definition) is 2. The average molecular weight is 177 g/mol. The molecule has 0 amide bonds. The summed E-state index contributed by atoms with van der Waals surface area (Å²) in [6.07, 6.45) is 0.333. The van der Waals surface area contributed by atoms with Crippen molar-refractivity contribution in [1.82, 2.24) is 0 Å². The molecule has 0 heterocycles. The van der Waals surface area contributed by atoms with Gasteiger partial charge in [0.05, 0.1) is 0 Å². The van der Waals surface area contributed by atoms with Crippen LogP contribution in [0.2, 0.25) is 0 Å². The van der Waals surface area contributed by atoms with E-state index in [2.05, 4.69) is 0 Å². The standard InChI is InChI=1S/C6H11NO3S/c1-4(8)11-3-2-5(7)6(9)10/h5H,2-3,7H2,1H3,(H,9,10)/t5-/m0/s1. The summed E-state index contributed by atoms with van der Waals surface area (Å²) in [6, 6.07) is -0.846. The third-order valence-corrected chi connectivity index (χ3v) is 1.90. The zero-order valence-corrected chi connectivity index (χ0v) is 7.06. The molecule has 0 aromatic rings. The molecule has 3 N–H and O–H groups in total. The lowest BCUT2D eigenvalue weighted by molar-refractivity contribution is -0.138. The van der Waals surface area contributed by atoms with Gasteiger partial charge in [-0.1, -0.05) is 11.8 Å². The number of nitrogens with two attached hydrogens (primary N) is 1. The molecular formula is C6H11NO3S. The molecule has 0 aromatic carbocycles. The highest BCUT2D eigenvalue weighted by molar-refractivity contribution is 8.13. The van der Waals surface area contributed by atoms with Crippen LogP contribution in [0.25, 0.3) is 0 Å². The van der Waals surface area contributed by atoms with Gasteiger partial charge in [0.15, 0.2) is 5.12 Å². The molecule has 0 spiro atoms. The first kappa shape index (κ1) is 10.4. The predicted octanol–water partition coefficient (Wildman–Crippen LogP) is 0.0681. The summed E-state index contributed by atoms with van der Waals surface area (Å²) in [5.74, 6) is -0.544. The Bertz CT molecular complexity index is 160. The number of carboxylic acid groups (broad SMARTS) is 1. The normalized spacial score (nSPS) is 12.5. The van der Waals surface area contributed by atoms with Gasteiger partial charge < -0.3 is 10.8 Å². The van der Waals surface area contributed by atoms with Gasteiger partial charge in [0.1, 0.15) is 6.04 Å². The highest BCUT2D eigenvalue weighted by Crippen LogP contribution is 2.04. The molecule has 11 heavy (non-hydrogen) atoms. The van der Waals surface area contributed by atoms with E-state index in [1.807, 2.05) is 0 Å². The molecule has 0 aliphatic heterocycles. The highest BCUT2D eigenvalue weighted by atomic mass is 32.2. The van der Waals surface area contributed by atoms with Gasteiger partial charge in [-0.05, 0) is 6.42 Å². The summed E-state index contributed by atoms with van der Waals surface area (Å²) in [7, 11) is 0. The maximum atomic E-state index is 10.4. The summed E-state index contributed by atoms with van der Waals surface area (Å²) >= 11 is 1.09. The molecular weight excluding hydrogens is 166 g/mol. The van der Waals surface area contributed by atoms with E-state index in [9.17, 15) is 9.59 Å². The van der Waals surface area contributed by atoms with E-state index in [-0.39, 0.29) is 5.12 Å². The third-order valence-electron chi connectivity index (χ3n) is 1.05. The van der Waals surface area contributed by atoms with Crippen LogP contribution in [-0.2, 0) is 9.59 Å². The Morgan fingerprint density at radius 1 is 1.64 bits per heavy atom. The number of carboxylic acids is 1. The van der Waals surface area contributed by atoms with Crippen LogP contribution in [-0.4, -0.2) is 28.0 Å². The smallest absolute Gasteiger partial charge is 0.320 e. The summed E-state index contributed by atoms with van der Waals surface area (Å²) < 4.78 is 0. The van der Waals surface area contributed by atoms with Crippen molar-refractivity contribution >= 4 is 22.8 Å². The lowest BCUT2D eigenvalue weighted by Crippen LogP contribution is -2.30. The van der Waals surface area contributed by atoms with Crippen LogP contribution in [0, 0.1) is 0 Å². The summed E-state index contributed by atoms with van der Waals surface area (Å²) in [5.41, 5.74) is 5.18. The van der Waals surface area contributed by atoms with Crippen LogP contribution < -0.4 is 5.73 Å². The molecule has 0 bridgehead atoms. The molecule has 0 aromatic heterocycles. The Labute approximate surface area is 69.1 Å². The maximum absolute atomic E-state index is 10.4. The fourth-order valence-corrected chi connectivity index (χ4v) is 1.11. The van der Waals surface area contributed by atoms with Crippen LogP contribution in [0.4, 0.5) is 0 Å². The Balaban J connectivity index is 3.39. The van der Waals surface area contributed by atoms with Gasteiger partial charge in [0, 0.05) is 12.7 Å². The van der Waals surface area contributed by atoms with E-state index in [0.717, 1.165) is 11.8 Å². The minimum absolute atomic E-state index is 0.0115. The van der Waals surface area contributed by atoms with Crippen molar-refractivity contribution in [1.29, 1.82) is 0 Å². The highest BCUT2D eigenvalue weighted by Gasteiger charge is 2.10. The Morgan fingerprint density at radius 3 is 2.55 bits per heavy atom. The summed E-state index contributed by atoms with van der Waals surface area (Å²) in [4.78, 5) is 20.5. The van der Waals surface area contributed by atoms with Crippen molar-refractivity contribution in [2.75, 3.05) is 5.75 Å². The van der Waals surface area contributed by atoms with Crippen LogP contribution >= 0.6 is 11.8 Å². The number of carbonyl (C=O) groups excluding carboxylic acids is 1. The molecule has 0 aliphatic rings. The Hall–Kier alpha value is -0.550. The molecule has 0 rings (SSSR count). The van der Waals surface area contributed by atoms with Gasteiger partial charge in [0.2, 0.25) is 0 Å². The lowest BCUT2D eigenvalue weighted by atomic mass is 10.2. The first-order chi connectivity index (χ1) is 5.04. The number of hydrogen-bond acceptors (Lipinski definition) is 4. The van der Waals surface area contributed by atoms with Crippen molar-refractivity contribution in [3.05, 3.63) is 0 Å². The van der Waals surface area contributed by atoms with Gasteiger partial charge in [0.25, 0.3) is 0 Å². The molecule has 0 aliphatic carbocycles. The fourth-order valence-electron chi connectivity index (χ4n) is 0.453. The van der Waals surface area contributed by atoms with E-state index in [1.54, 1.807) is 0 Å². The molecule has 4 nitrogen and oxygen atoms in total. The first-order valence-corrected chi connectivity index (χ1v) is 4.14. The second-order valence-electron chi connectivity index (χ2n) is 2.07. The van der Waals surface area contributed by atoms with Gasteiger partial charge in [-0.25, -0.2) is 0 Å². The zero-order chi connectivity index (χ0) is 8.85. The monoisotopic (exact) mass is 177 g/mol. The molecule has 0 saturated heterocycles. The Kier molecular flexibility index (Phi) is 4.89. The molecule has 5 heteroatoms. The molecule has 0 saturated carbocycles. The van der Waals surface area contributed by atoms with Crippen molar-refractivity contribution in [2.45, 2.75) is 19.4 Å². The van der Waals surface area contributed by atoms with Gasteiger partial charge in [-0.15, -0.1) is 0 Å². The first-order valence-electron chi connectivity index (χ1n) is 3.15. The second kappa shape index (κ2) is 5.15. The quantitative estimate of drug-likeness (QED) is 0.635. The summed E-state index contributed by atoms with van der Waals surface area (Å²) in [6.45, 7) is 1.44. The van der Waals surface area contributed by atoms with Crippen molar-refractivity contribution in [2.24, 2.45) is 5.73 Å². The number of thioether (sulfide) groups is 1. The van der Waals surface area contributed by atoms with Gasteiger partial charge in [-0.2, -0.15) is 0 Å². The van der Waals surface area contributed by atoms with Crippen molar-refractivity contribution in [3.63, 3.8) is 0 Å². The molecule has 1 atom stereocenters. The molecule has 0 radical (unpaired) electrons. The lowest BCUT2D eigenvalue weighted by Gasteiger charge is -2.03. The van der Waals surface area contributed by atoms with E-state index in [4.69, 9.17) is 10.8 Å². The van der Waals surface area contributed by atoms with Crippen molar-refractivity contribution in [3.8, 4) is 0 Å². The van der Waals surface area contributed by atoms with Gasteiger partial charge >= 0.3 is 5.97 Å². The van der Waals surface area contributed by atoms with E-state index < -0.39 is 12.0 Å².